The summed E-state index contributed by atoms with van der Waals surface area (Å²) in [4.78, 5) is 22.8. The molecule has 3 aromatic carbocycles. The highest BCUT2D eigenvalue weighted by Crippen LogP contribution is 2.29. The molecule has 0 saturated heterocycles. The summed E-state index contributed by atoms with van der Waals surface area (Å²) in [5.74, 6) is 0.387. The molecule has 0 fully saturated rings. The van der Waals surface area contributed by atoms with E-state index in [-0.39, 0.29) is 17.0 Å². The van der Waals surface area contributed by atoms with Crippen LogP contribution < -0.4 is 4.74 Å². The summed E-state index contributed by atoms with van der Waals surface area (Å²) >= 11 is 0. The van der Waals surface area contributed by atoms with E-state index in [1.807, 2.05) is 43.3 Å². The zero-order chi connectivity index (χ0) is 18.5. The van der Waals surface area contributed by atoms with Gasteiger partial charge in [0.25, 0.3) is 5.69 Å². The van der Waals surface area contributed by atoms with Crippen LogP contribution >= 0.6 is 0 Å². The fourth-order valence-corrected chi connectivity index (χ4v) is 2.76. The van der Waals surface area contributed by atoms with Crippen molar-refractivity contribution < 1.29 is 14.5 Å². The molecule has 0 N–H and O–H groups in total. The summed E-state index contributed by atoms with van der Waals surface area (Å²) < 4.78 is 5.68. The van der Waals surface area contributed by atoms with Gasteiger partial charge in [-0.2, -0.15) is 0 Å². The normalized spacial score (nSPS) is 11.0. The molecule has 0 aromatic heterocycles. The Morgan fingerprint density at radius 3 is 2.69 bits per heavy atom. The predicted octanol–water partition coefficient (Wildman–Crippen LogP) is 5.04. The van der Waals surface area contributed by atoms with Crippen LogP contribution in [0.25, 0.3) is 16.8 Å². The van der Waals surface area contributed by atoms with Gasteiger partial charge in [-0.15, -0.1) is 0 Å². The lowest BCUT2D eigenvalue weighted by Gasteiger charge is -2.10. The number of ether oxygens (including phenoxy) is 1. The second-order valence-electron chi connectivity index (χ2n) is 5.64. The number of nitrogens with zero attached hydrogens (tertiary/aromatic N) is 1. The third-order valence-corrected chi connectivity index (χ3v) is 3.97. The first-order chi connectivity index (χ1) is 12.6. The van der Waals surface area contributed by atoms with Crippen LogP contribution in [0.4, 0.5) is 5.69 Å². The summed E-state index contributed by atoms with van der Waals surface area (Å²) in [5.41, 5.74) is 0.974. The van der Waals surface area contributed by atoms with Gasteiger partial charge < -0.3 is 4.74 Å². The standard InChI is InChI=1S/C21H17NO4/c1-2-26-21-13-10-15-6-3-4-9-18(15)19(21)11-12-20(23)16-7-5-8-17(14-16)22(24)25/h3-14H,2H2,1H3/b12-11+. The van der Waals surface area contributed by atoms with Crippen LogP contribution in [-0.2, 0) is 0 Å². The van der Waals surface area contributed by atoms with Crippen molar-refractivity contribution in [3.8, 4) is 5.75 Å². The van der Waals surface area contributed by atoms with Crippen molar-refractivity contribution in [3.05, 3.63) is 88.0 Å². The van der Waals surface area contributed by atoms with Crippen molar-refractivity contribution in [3.63, 3.8) is 0 Å². The lowest BCUT2D eigenvalue weighted by Crippen LogP contribution is -1.97. The third kappa shape index (κ3) is 3.62. The van der Waals surface area contributed by atoms with E-state index in [0.29, 0.717) is 12.4 Å². The largest absolute Gasteiger partial charge is 0.493 e. The van der Waals surface area contributed by atoms with Crippen LogP contribution in [0.2, 0.25) is 0 Å². The van der Waals surface area contributed by atoms with E-state index in [1.165, 1.54) is 24.3 Å². The Morgan fingerprint density at radius 1 is 1.12 bits per heavy atom. The number of rotatable bonds is 6. The van der Waals surface area contributed by atoms with E-state index in [0.717, 1.165) is 16.3 Å². The maximum atomic E-state index is 12.4. The van der Waals surface area contributed by atoms with Crippen molar-refractivity contribution >= 4 is 28.3 Å². The molecule has 0 saturated carbocycles. The molecule has 0 bridgehead atoms. The van der Waals surface area contributed by atoms with Gasteiger partial charge in [0.2, 0.25) is 0 Å². The van der Waals surface area contributed by atoms with E-state index in [4.69, 9.17) is 4.74 Å². The first kappa shape index (κ1) is 17.4. The molecule has 5 nitrogen and oxygen atoms in total. The molecule has 26 heavy (non-hydrogen) atoms. The van der Waals surface area contributed by atoms with Gasteiger partial charge in [0, 0.05) is 23.3 Å². The molecule has 0 aliphatic rings. The number of carbonyl (C=O) groups excluding carboxylic acids is 1. The molecule has 3 rings (SSSR count). The summed E-state index contributed by atoms with van der Waals surface area (Å²) in [7, 11) is 0. The number of hydrogen-bond donors (Lipinski definition) is 0. The first-order valence-electron chi connectivity index (χ1n) is 8.21. The highest BCUT2D eigenvalue weighted by atomic mass is 16.6. The smallest absolute Gasteiger partial charge is 0.270 e. The lowest BCUT2D eigenvalue weighted by atomic mass is 10.0. The maximum absolute atomic E-state index is 12.4. The SMILES string of the molecule is CCOc1ccc2ccccc2c1/C=C/C(=O)c1cccc([N+](=O)[O-])c1. The minimum atomic E-state index is -0.515. The molecule has 5 heteroatoms. The number of carbonyl (C=O) groups is 1. The van der Waals surface area contributed by atoms with Gasteiger partial charge in [-0.3, -0.25) is 14.9 Å². The van der Waals surface area contributed by atoms with E-state index in [2.05, 4.69) is 0 Å². The van der Waals surface area contributed by atoms with E-state index in [9.17, 15) is 14.9 Å². The second kappa shape index (κ2) is 7.61. The number of non-ortho nitro benzene ring substituents is 1. The zero-order valence-corrected chi connectivity index (χ0v) is 14.2. The molecule has 0 amide bonds. The molecule has 0 aliphatic heterocycles. The summed E-state index contributed by atoms with van der Waals surface area (Å²) in [5, 5.41) is 12.9. The van der Waals surface area contributed by atoms with Crippen molar-refractivity contribution in [2.45, 2.75) is 6.92 Å². The summed E-state index contributed by atoms with van der Waals surface area (Å²) in [6.45, 7) is 2.41. The van der Waals surface area contributed by atoms with Gasteiger partial charge in [0.05, 0.1) is 11.5 Å². The van der Waals surface area contributed by atoms with Crippen LogP contribution in [0.3, 0.4) is 0 Å². The highest BCUT2D eigenvalue weighted by Gasteiger charge is 2.11. The fourth-order valence-electron chi connectivity index (χ4n) is 2.76. The number of allylic oxidation sites excluding steroid dienone is 1. The number of ketones is 1. The van der Waals surface area contributed by atoms with Crippen LogP contribution in [-0.4, -0.2) is 17.3 Å². The van der Waals surface area contributed by atoms with E-state index < -0.39 is 4.92 Å². The minimum absolute atomic E-state index is 0.107. The second-order valence-corrected chi connectivity index (χ2v) is 5.64. The van der Waals surface area contributed by atoms with Crippen molar-refractivity contribution in [2.75, 3.05) is 6.61 Å². The number of fused-ring (bicyclic) bond motifs is 1. The highest BCUT2D eigenvalue weighted by molar-refractivity contribution is 6.08. The van der Waals surface area contributed by atoms with Crippen LogP contribution in [0, 0.1) is 10.1 Å². The van der Waals surface area contributed by atoms with E-state index in [1.54, 1.807) is 12.1 Å². The molecule has 0 heterocycles. The summed E-state index contributed by atoms with van der Waals surface area (Å²) in [6, 6.07) is 17.4. The maximum Gasteiger partial charge on any atom is 0.270 e. The van der Waals surface area contributed by atoms with Gasteiger partial charge >= 0.3 is 0 Å². The van der Waals surface area contributed by atoms with Crippen molar-refractivity contribution in [2.24, 2.45) is 0 Å². The Morgan fingerprint density at radius 2 is 1.92 bits per heavy atom. The average molecular weight is 347 g/mol. The molecule has 0 spiro atoms. The first-order valence-corrected chi connectivity index (χ1v) is 8.21. The van der Waals surface area contributed by atoms with Crippen molar-refractivity contribution in [1.82, 2.24) is 0 Å². The summed E-state index contributed by atoms with van der Waals surface area (Å²) in [6.07, 6.45) is 3.12. The molecule has 0 radical (unpaired) electrons. The molecular formula is C21H17NO4. The van der Waals surface area contributed by atoms with Gasteiger partial charge in [-0.1, -0.05) is 42.5 Å². The van der Waals surface area contributed by atoms with Gasteiger partial charge in [-0.05, 0) is 35.9 Å². The zero-order valence-electron chi connectivity index (χ0n) is 14.2. The Kier molecular flexibility index (Phi) is 5.08. The van der Waals surface area contributed by atoms with Crippen LogP contribution in [0.5, 0.6) is 5.75 Å². The Labute approximate surface area is 150 Å². The number of nitro groups is 1. The topological polar surface area (TPSA) is 69.4 Å². The number of nitro benzene ring substituents is 1. The van der Waals surface area contributed by atoms with Crippen LogP contribution in [0.1, 0.15) is 22.8 Å². The molecule has 0 atom stereocenters. The van der Waals surface area contributed by atoms with Gasteiger partial charge in [0.15, 0.2) is 5.78 Å². The third-order valence-electron chi connectivity index (χ3n) is 3.97. The Bertz CT molecular complexity index is 1010. The Balaban J connectivity index is 1.99. The quantitative estimate of drug-likeness (QED) is 0.271. The van der Waals surface area contributed by atoms with Crippen LogP contribution in [0.15, 0.2) is 66.7 Å². The molecule has 0 unspecified atom stereocenters. The fraction of sp³-hybridized carbons (Fsp3) is 0.0952. The molecule has 3 aromatic rings. The Hall–Kier alpha value is -3.47. The lowest BCUT2D eigenvalue weighted by molar-refractivity contribution is -0.384. The average Bonchev–Trinajstić information content (AvgIpc) is 2.67. The molecule has 0 aliphatic carbocycles. The van der Waals surface area contributed by atoms with Crippen molar-refractivity contribution in [1.29, 1.82) is 0 Å². The van der Waals surface area contributed by atoms with Gasteiger partial charge in [-0.25, -0.2) is 0 Å². The minimum Gasteiger partial charge on any atom is -0.493 e. The van der Waals surface area contributed by atoms with E-state index >= 15 is 0 Å². The number of benzene rings is 3. The molecule has 130 valence electrons. The molecular weight excluding hydrogens is 330 g/mol. The van der Waals surface area contributed by atoms with Gasteiger partial charge in [0.1, 0.15) is 5.75 Å². The predicted molar refractivity (Wildman–Crippen MR) is 102 cm³/mol. The monoisotopic (exact) mass is 347 g/mol. The number of hydrogen-bond acceptors (Lipinski definition) is 4.